The second-order valence-electron chi connectivity index (χ2n) is 5.55. The Morgan fingerprint density at radius 3 is 1.96 bits per heavy atom. The topological polar surface area (TPSA) is 52.6 Å². The monoisotopic (exact) mass is 332 g/mol. The smallest absolute Gasteiger partial charge is 0.345 e. The van der Waals surface area contributed by atoms with Crippen LogP contribution in [0.4, 0.5) is 0 Å². The fourth-order valence-electron chi connectivity index (χ4n) is 2.32. The molecule has 0 N–H and O–H groups in total. The molecule has 0 aliphatic rings. The number of ether oxygens (including phenoxy) is 2. The van der Waals surface area contributed by atoms with Crippen LogP contribution < -0.4 is 0 Å². The number of esters is 2. The lowest BCUT2D eigenvalue weighted by Gasteiger charge is -2.07. The molecule has 0 saturated carbocycles. The van der Waals surface area contributed by atoms with E-state index in [4.69, 9.17) is 9.47 Å². The highest BCUT2D eigenvalue weighted by Gasteiger charge is 2.20. The fourth-order valence-corrected chi connectivity index (χ4v) is 2.32. The Balaban J connectivity index is 2.81. The lowest BCUT2D eigenvalue weighted by molar-refractivity contribution is -0.146. The highest BCUT2D eigenvalue weighted by Crippen LogP contribution is 2.14. The van der Waals surface area contributed by atoms with Gasteiger partial charge in [0, 0.05) is 0 Å². The molecule has 0 heterocycles. The van der Waals surface area contributed by atoms with Crippen LogP contribution in [0.3, 0.4) is 0 Å². The first-order valence-electron chi connectivity index (χ1n) is 8.77. The zero-order valence-electron chi connectivity index (χ0n) is 15.0. The molecule has 0 aliphatic heterocycles. The second-order valence-corrected chi connectivity index (χ2v) is 5.55. The largest absolute Gasteiger partial charge is 0.462 e. The lowest BCUT2D eigenvalue weighted by Crippen LogP contribution is -2.18. The van der Waals surface area contributed by atoms with E-state index < -0.39 is 11.9 Å². The van der Waals surface area contributed by atoms with Crippen molar-refractivity contribution >= 4 is 18.0 Å². The van der Waals surface area contributed by atoms with Gasteiger partial charge in [-0.2, -0.15) is 0 Å². The van der Waals surface area contributed by atoms with Gasteiger partial charge in [0.25, 0.3) is 0 Å². The summed E-state index contributed by atoms with van der Waals surface area (Å²) < 4.78 is 9.87. The van der Waals surface area contributed by atoms with Crippen LogP contribution in [-0.4, -0.2) is 25.2 Å². The zero-order valence-corrected chi connectivity index (χ0v) is 15.0. The molecule has 24 heavy (non-hydrogen) atoms. The predicted molar refractivity (Wildman–Crippen MR) is 95.5 cm³/mol. The van der Waals surface area contributed by atoms with Crippen LogP contribution in [0.1, 0.15) is 57.6 Å². The number of aryl methyl sites for hydroxylation is 1. The molecule has 1 aromatic rings. The maximum absolute atomic E-state index is 11.9. The Labute approximate surface area is 144 Å². The minimum Gasteiger partial charge on any atom is -0.462 e. The fraction of sp³-hybridized carbons (Fsp3) is 0.500. The van der Waals surface area contributed by atoms with Gasteiger partial charge in [-0.25, -0.2) is 9.59 Å². The first-order valence-corrected chi connectivity index (χ1v) is 8.77. The van der Waals surface area contributed by atoms with Crippen molar-refractivity contribution < 1.29 is 19.1 Å². The average molecular weight is 332 g/mol. The van der Waals surface area contributed by atoms with E-state index in [1.54, 1.807) is 13.8 Å². The van der Waals surface area contributed by atoms with Crippen LogP contribution >= 0.6 is 0 Å². The number of unbranched alkanes of at least 4 members (excludes halogenated alkanes) is 3. The highest BCUT2D eigenvalue weighted by molar-refractivity contribution is 6.17. The van der Waals surface area contributed by atoms with E-state index in [-0.39, 0.29) is 18.8 Å². The molecule has 1 aromatic carbocycles. The van der Waals surface area contributed by atoms with Crippen LogP contribution in [0, 0.1) is 0 Å². The molecular formula is C20H28O4. The van der Waals surface area contributed by atoms with E-state index in [0.717, 1.165) is 12.0 Å². The molecule has 0 aliphatic carbocycles. The zero-order chi connectivity index (χ0) is 17.8. The summed E-state index contributed by atoms with van der Waals surface area (Å²) in [5.41, 5.74) is 1.97. The number of benzene rings is 1. The molecule has 132 valence electrons. The molecule has 0 radical (unpaired) electrons. The lowest BCUT2D eigenvalue weighted by atomic mass is 10.0. The van der Waals surface area contributed by atoms with Gasteiger partial charge < -0.3 is 9.47 Å². The Morgan fingerprint density at radius 2 is 1.46 bits per heavy atom. The number of carbonyl (C=O) groups excluding carboxylic acids is 2. The van der Waals surface area contributed by atoms with Gasteiger partial charge in [-0.05, 0) is 43.9 Å². The first kappa shape index (κ1) is 19.9. The standard InChI is InChI=1S/C20H28O4/c1-4-7-8-9-10-16-11-13-17(14-12-16)15-18(19(21)23-5-2)20(22)24-6-3/h11-15H,4-10H2,1-3H3. The van der Waals surface area contributed by atoms with Gasteiger partial charge in [0.05, 0.1) is 13.2 Å². The van der Waals surface area contributed by atoms with Crippen LogP contribution in [0.25, 0.3) is 6.08 Å². The van der Waals surface area contributed by atoms with Crippen molar-refractivity contribution in [1.82, 2.24) is 0 Å². The van der Waals surface area contributed by atoms with Gasteiger partial charge in [-0.1, -0.05) is 50.5 Å². The molecule has 0 saturated heterocycles. The third-order valence-corrected chi connectivity index (χ3v) is 3.60. The summed E-state index contributed by atoms with van der Waals surface area (Å²) in [4.78, 5) is 23.9. The van der Waals surface area contributed by atoms with Crippen LogP contribution in [-0.2, 0) is 25.5 Å². The summed E-state index contributed by atoms with van der Waals surface area (Å²) in [6, 6.07) is 7.89. The van der Waals surface area contributed by atoms with Gasteiger partial charge in [0.15, 0.2) is 0 Å². The third kappa shape index (κ3) is 6.99. The maximum Gasteiger partial charge on any atom is 0.345 e. The van der Waals surface area contributed by atoms with Gasteiger partial charge in [-0.15, -0.1) is 0 Å². The van der Waals surface area contributed by atoms with Crippen molar-refractivity contribution in [2.75, 3.05) is 13.2 Å². The van der Waals surface area contributed by atoms with Crippen LogP contribution in [0.15, 0.2) is 29.8 Å². The molecule has 4 nitrogen and oxygen atoms in total. The number of hydrogen-bond donors (Lipinski definition) is 0. The van der Waals surface area contributed by atoms with Crippen LogP contribution in [0.5, 0.6) is 0 Å². The molecule has 0 bridgehead atoms. The Bertz CT molecular complexity index is 523. The summed E-state index contributed by atoms with van der Waals surface area (Å²) in [6.45, 7) is 6.03. The quantitative estimate of drug-likeness (QED) is 0.210. The molecule has 1 rings (SSSR count). The number of hydrogen-bond acceptors (Lipinski definition) is 4. The highest BCUT2D eigenvalue weighted by atomic mass is 16.6. The van der Waals surface area contributed by atoms with Crippen LogP contribution in [0.2, 0.25) is 0 Å². The van der Waals surface area contributed by atoms with Gasteiger partial charge in [0.1, 0.15) is 5.57 Å². The van der Waals surface area contributed by atoms with E-state index in [9.17, 15) is 9.59 Å². The van der Waals surface area contributed by atoms with Crippen molar-refractivity contribution in [3.8, 4) is 0 Å². The number of carbonyl (C=O) groups is 2. The first-order chi connectivity index (χ1) is 11.6. The second kappa shape index (κ2) is 11.4. The average Bonchev–Trinajstić information content (AvgIpc) is 2.58. The summed E-state index contributed by atoms with van der Waals surface area (Å²) in [5, 5.41) is 0. The minimum atomic E-state index is -0.653. The van der Waals surface area contributed by atoms with Crippen molar-refractivity contribution in [3.05, 3.63) is 41.0 Å². The Morgan fingerprint density at radius 1 is 0.875 bits per heavy atom. The molecule has 0 unspecified atom stereocenters. The number of rotatable bonds is 10. The van der Waals surface area contributed by atoms with Crippen molar-refractivity contribution in [3.63, 3.8) is 0 Å². The van der Waals surface area contributed by atoms with Gasteiger partial charge in [0.2, 0.25) is 0 Å². The molecule has 0 spiro atoms. The summed E-state index contributed by atoms with van der Waals surface area (Å²) in [7, 11) is 0. The molecule has 0 amide bonds. The normalized spacial score (nSPS) is 10.1. The van der Waals surface area contributed by atoms with Gasteiger partial charge >= 0.3 is 11.9 Å². The molecule has 4 heteroatoms. The summed E-state index contributed by atoms with van der Waals surface area (Å²) in [6.07, 6.45) is 7.49. The summed E-state index contributed by atoms with van der Waals surface area (Å²) >= 11 is 0. The van der Waals surface area contributed by atoms with Crippen molar-refractivity contribution in [1.29, 1.82) is 0 Å². The Hall–Kier alpha value is -2.10. The van der Waals surface area contributed by atoms with E-state index >= 15 is 0 Å². The minimum absolute atomic E-state index is 0.0746. The molecule has 0 aromatic heterocycles. The SMILES string of the molecule is CCCCCCc1ccc(C=C(C(=O)OCC)C(=O)OCC)cc1. The molecule has 0 fully saturated rings. The van der Waals surface area contributed by atoms with Crippen molar-refractivity contribution in [2.45, 2.75) is 52.9 Å². The Kier molecular flexibility index (Phi) is 9.51. The molecular weight excluding hydrogens is 304 g/mol. The van der Waals surface area contributed by atoms with E-state index in [0.29, 0.717) is 0 Å². The van der Waals surface area contributed by atoms with E-state index in [1.165, 1.54) is 37.3 Å². The van der Waals surface area contributed by atoms with E-state index in [2.05, 4.69) is 6.92 Å². The maximum atomic E-state index is 11.9. The third-order valence-electron chi connectivity index (χ3n) is 3.60. The van der Waals surface area contributed by atoms with E-state index in [1.807, 2.05) is 24.3 Å². The van der Waals surface area contributed by atoms with Gasteiger partial charge in [-0.3, -0.25) is 0 Å². The molecule has 0 atom stereocenters. The predicted octanol–water partition coefficient (Wildman–Crippen LogP) is 4.32. The summed E-state index contributed by atoms with van der Waals surface area (Å²) in [5.74, 6) is -1.31. The van der Waals surface area contributed by atoms with Crippen molar-refractivity contribution in [2.24, 2.45) is 0 Å².